The highest BCUT2D eigenvalue weighted by Gasteiger charge is 2.39. The number of aromatic nitrogens is 1. The summed E-state index contributed by atoms with van der Waals surface area (Å²) in [5, 5.41) is 5.59. The van der Waals surface area contributed by atoms with Gasteiger partial charge >= 0.3 is 5.97 Å². The van der Waals surface area contributed by atoms with Crippen molar-refractivity contribution in [2.75, 3.05) is 22.6 Å². The first-order valence-corrected chi connectivity index (χ1v) is 11.6. The molecule has 2 heterocycles. The lowest BCUT2D eigenvalue weighted by Crippen LogP contribution is -2.32. The molecule has 0 unspecified atom stereocenters. The highest BCUT2D eigenvalue weighted by molar-refractivity contribution is 7.17. The van der Waals surface area contributed by atoms with Crippen LogP contribution < -0.4 is 15.5 Å². The van der Waals surface area contributed by atoms with Gasteiger partial charge in [0.1, 0.15) is 15.6 Å². The predicted molar refractivity (Wildman–Crippen MR) is 133 cm³/mol. The zero-order chi connectivity index (χ0) is 25.3. The molecule has 0 bridgehead atoms. The van der Waals surface area contributed by atoms with Crippen molar-refractivity contribution in [3.63, 3.8) is 0 Å². The molecule has 35 heavy (non-hydrogen) atoms. The van der Waals surface area contributed by atoms with Crippen molar-refractivity contribution in [3.05, 3.63) is 80.4 Å². The number of rotatable bonds is 6. The Labute approximate surface area is 213 Å². The van der Waals surface area contributed by atoms with Gasteiger partial charge < -0.3 is 10.1 Å². The van der Waals surface area contributed by atoms with Crippen LogP contribution in [-0.4, -0.2) is 35.8 Å². The largest absolute Gasteiger partial charge is 0.465 e. The Morgan fingerprint density at radius 3 is 2.51 bits per heavy atom. The maximum Gasteiger partial charge on any atom is 0.350 e. The van der Waals surface area contributed by atoms with E-state index in [1.54, 1.807) is 43.3 Å². The Hall–Kier alpha value is -3.73. The van der Waals surface area contributed by atoms with Crippen molar-refractivity contribution in [1.82, 2.24) is 4.98 Å². The van der Waals surface area contributed by atoms with Crippen LogP contribution in [0.4, 0.5) is 16.5 Å². The molecular weight excluding hydrogens is 515 g/mol. The van der Waals surface area contributed by atoms with E-state index < -0.39 is 23.7 Å². The molecule has 0 saturated heterocycles. The molecule has 2 aromatic carbocycles. The van der Waals surface area contributed by atoms with Crippen LogP contribution >= 0.6 is 34.5 Å². The molecule has 0 fully saturated rings. The number of nitrogens with zero attached hydrogens (tertiary/aromatic N) is 2. The van der Waals surface area contributed by atoms with Gasteiger partial charge in [-0.3, -0.25) is 19.7 Å². The second-order valence-corrected chi connectivity index (χ2v) is 8.96. The van der Waals surface area contributed by atoms with E-state index in [0.717, 1.165) is 16.2 Å². The Balaban J connectivity index is 1.53. The van der Waals surface area contributed by atoms with Gasteiger partial charge in [-0.25, -0.2) is 14.7 Å². The number of imide groups is 1. The lowest BCUT2D eigenvalue weighted by Gasteiger charge is -2.16. The molecule has 1 aliphatic heterocycles. The van der Waals surface area contributed by atoms with E-state index in [0.29, 0.717) is 11.4 Å². The summed E-state index contributed by atoms with van der Waals surface area (Å²) in [6.07, 6.45) is 0. The number of aryl methyl sites for hydroxylation is 1. The Bertz CT molecular complexity index is 1420. The number of halogens is 2. The molecular formula is C23H16Cl2N4O5S. The highest BCUT2D eigenvalue weighted by atomic mass is 35.5. The van der Waals surface area contributed by atoms with Gasteiger partial charge in [0.2, 0.25) is 0 Å². The molecule has 0 aliphatic carbocycles. The standard InChI is InChI=1S/C23H16Cl2N4O5S/c1-11-18(22(33)34-2)35-23(26-11)28-19(30)12-6-5-7-13(10-12)27-17-16(25)20(31)29(21(17)32)15-9-4-3-8-14(15)24/h3-10,27H,1-2H3,(H,26,28,30). The van der Waals surface area contributed by atoms with Crippen molar-refractivity contribution < 1.29 is 23.9 Å². The van der Waals surface area contributed by atoms with Crippen molar-refractivity contribution >= 4 is 74.7 Å². The van der Waals surface area contributed by atoms with Crippen LogP contribution in [0.2, 0.25) is 5.02 Å². The van der Waals surface area contributed by atoms with Crippen LogP contribution in [0.1, 0.15) is 25.7 Å². The van der Waals surface area contributed by atoms with Gasteiger partial charge in [0.25, 0.3) is 17.7 Å². The molecule has 1 aliphatic rings. The molecule has 12 heteroatoms. The van der Waals surface area contributed by atoms with Crippen LogP contribution in [0.3, 0.4) is 0 Å². The number of methoxy groups -OCH3 is 1. The molecule has 0 spiro atoms. The molecule has 4 rings (SSSR count). The van der Waals surface area contributed by atoms with E-state index in [1.807, 2.05) is 0 Å². The van der Waals surface area contributed by atoms with Crippen molar-refractivity contribution in [2.24, 2.45) is 0 Å². The first-order valence-electron chi connectivity index (χ1n) is 9.98. The highest BCUT2D eigenvalue weighted by Crippen LogP contribution is 2.34. The topological polar surface area (TPSA) is 118 Å². The number of nitrogens with one attached hydrogen (secondary N) is 2. The number of hydrogen-bond acceptors (Lipinski definition) is 8. The molecule has 3 amide bonds. The van der Waals surface area contributed by atoms with Gasteiger partial charge in [0.05, 0.1) is 23.5 Å². The van der Waals surface area contributed by atoms with E-state index in [1.165, 1.54) is 19.2 Å². The van der Waals surface area contributed by atoms with Crippen molar-refractivity contribution in [3.8, 4) is 0 Å². The number of amides is 3. The number of anilines is 3. The third kappa shape index (κ3) is 4.76. The van der Waals surface area contributed by atoms with Gasteiger partial charge in [0, 0.05) is 11.3 Å². The fourth-order valence-electron chi connectivity index (χ4n) is 3.25. The molecule has 0 saturated carbocycles. The quantitative estimate of drug-likeness (QED) is 0.353. The molecule has 3 aromatic rings. The van der Waals surface area contributed by atoms with E-state index in [-0.39, 0.29) is 37.0 Å². The second-order valence-electron chi connectivity index (χ2n) is 7.17. The van der Waals surface area contributed by atoms with E-state index in [9.17, 15) is 19.2 Å². The summed E-state index contributed by atoms with van der Waals surface area (Å²) < 4.78 is 4.70. The number of hydrogen-bond donors (Lipinski definition) is 2. The number of esters is 1. The summed E-state index contributed by atoms with van der Waals surface area (Å²) in [4.78, 5) is 55.5. The van der Waals surface area contributed by atoms with E-state index >= 15 is 0 Å². The van der Waals surface area contributed by atoms with Crippen LogP contribution in [0.15, 0.2) is 59.3 Å². The monoisotopic (exact) mass is 530 g/mol. The Morgan fingerprint density at radius 1 is 1.06 bits per heavy atom. The minimum Gasteiger partial charge on any atom is -0.465 e. The number of para-hydroxylation sites is 1. The van der Waals surface area contributed by atoms with Crippen LogP contribution in [-0.2, 0) is 14.3 Å². The minimum absolute atomic E-state index is 0.146. The Kier molecular flexibility index (Phi) is 6.88. The summed E-state index contributed by atoms with van der Waals surface area (Å²) >= 11 is 13.3. The van der Waals surface area contributed by atoms with Gasteiger partial charge in [-0.1, -0.05) is 52.7 Å². The van der Waals surface area contributed by atoms with Crippen LogP contribution in [0.5, 0.6) is 0 Å². The number of carbonyl (C=O) groups is 4. The first-order chi connectivity index (χ1) is 16.7. The maximum atomic E-state index is 13.0. The predicted octanol–water partition coefficient (Wildman–Crippen LogP) is 4.58. The van der Waals surface area contributed by atoms with Gasteiger partial charge in [-0.05, 0) is 37.3 Å². The summed E-state index contributed by atoms with van der Waals surface area (Å²) in [5.74, 6) is -2.44. The zero-order valence-electron chi connectivity index (χ0n) is 18.2. The molecule has 0 radical (unpaired) electrons. The number of carbonyl (C=O) groups excluding carboxylic acids is 4. The normalized spacial score (nSPS) is 13.3. The fourth-order valence-corrected chi connectivity index (χ4v) is 4.56. The molecule has 1 aromatic heterocycles. The van der Waals surface area contributed by atoms with Gasteiger partial charge in [-0.2, -0.15) is 0 Å². The molecule has 178 valence electrons. The average Bonchev–Trinajstić information content (AvgIpc) is 3.31. The third-order valence-electron chi connectivity index (χ3n) is 4.90. The smallest absolute Gasteiger partial charge is 0.350 e. The lowest BCUT2D eigenvalue weighted by molar-refractivity contribution is -0.120. The summed E-state index contributed by atoms with van der Waals surface area (Å²) in [6, 6.07) is 12.6. The fraction of sp³-hybridized carbons (Fsp3) is 0.0870. The van der Waals surface area contributed by atoms with Crippen LogP contribution in [0, 0.1) is 6.92 Å². The first kappa shape index (κ1) is 24.4. The van der Waals surface area contributed by atoms with Gasteiger partial charge in [-0.15, -0.1) is 0 Å². The molecule has 0 atom stereocenters. The lowest BCUT2D eigenvalue weighted by atomic mass is 10.2. The van der Waals surface area contributed by atoms with Gasteiger partial charge in [0.15, 0.2) is 5.13 Å². The molecule has 9 nitrogen and oxygen atoms in total. The van der Waals surface area contributed by atoms with E-state index in [2.05, 4.69) is 15.6 Å². The third-order valence-corrected chi connectivity index (χ3v) is 6.63. The summed E-state index contributed by atoms with van der Waals surface area (Å²) in [7, 11) is 1.26. The van der Waals surface area contributed by atoms with Crippen molar-refractivity contribution in [1.29, 1.82) is 0 Å². The maximum absolute atomic E-state index is 13.0. The SMILES string of the molecule is COC(=O)c1sc(NC(=O)c2cccc(NC3=C(Cl)C(=O)N(c4ccccc4Cl)C3=O)c2)nc1C. The minimum atomic E-state index is -0.721. The number of ether oxygens (including phenoxy) is 1. The Morgan fingerprint density at radius 2 is 1.80 bits per heavy atom. The summed E-state index contributed by atoms with van der Waals surface area (Å²) in [5.41, 5.74) is 1.07. The van der Waals surface area contributed by atoms with Crippen LogP contribution in [0.25, 0.3) is 0 Å². The van der Waals surface area contributed by atoms with E-state index in [4.69, 9.17) is 27.9 Å². The molecule has 2 N–H and O–H groups in total. The summed E-state index contributed by atoms with van der Waals surface area (Å²) in [6.45, 7) is 1.63. The second kappa shape index (κ2) is 9.87. The number of benzene rings is 2. The zero-order valence-corrected chi connectivity index (χ0v) is 20.5. The average molecular weight is 531 g/mol. The van der Waals surface area contributed by atoms with Crippen molar-refractivity contribution in [2.45, 2.75) is 6.92 Å². The number of thiazole rings is 1.